The van der Waals surface area contributed by atoms with Crippen molar-refractivity contribution in [3.05, 3.63) is 30.1 Å². The molecule has 3 aliphatic carbocycles. The lowest BCUT2D eigenvalue weighted by molar-refractivity contribution is -0.243. The van der Waals surface area contributed by atoms with Gasteiger partial charge >= 0.3 is 5.43 Å². The fourth-order valence-electron chi connectivity index (χ4n) is 3.34. The number of rotatable bonds is 3. The molecule has 0 spiro atoms. The Morgan fingerprint density at radius 3 is 2.30 bits per heavy atom. The van der Waals surface area contributed by atoms with Gasteiger partial charge in [0, 0.05) is 43.6 Å². The first-order valence-corrected chi connectivity index (χ1v) is 6.66. The normalized spacial score (nSPS) is 29.9. The number of benzene rings is 1. The number of halogens is 2. The molecule has 0 N–H and O–H groups in total. The molecule has 0 aromatic heterocycles. The van der Waals surface area contributed by atoms with E-state index in [-0.39, 0.29) is 11.7 Å². The van der Waals surface area contributed by atoms with Gasteiger partial charge in [0.2, 0.25) is 5.91 Å². The lowest BCUT2D eigenvalue weighted by atomic mass is 9.40. The second kappa shape index (κ2) is 4.19. The van der Waals surface area contributed by atoms with Crippen molar-refractivity contribution < 1.29 is 18.7 Å². The van der Waals surface area contributed by atoms with Crippen molar-refractivity contribution in [1.29, 1.82) is 0 Å². The zero-order valence-electron chi connectivity index (χ0n) is 10.9. The van der Waals surface area contributed by atoms with Crippen LogP contribution in [0.5, 0.6) is 0 Å². The molecule has 1 aromatic rings. The minimum atomic E-state index is -0.822. The van der Waals surface area contributed by atoms with Crippen molar-refractivity contribution in [2.45, 2.75) is 24.9 Å². The smallest absolute Gasteiger partial charge is 0.404 e. The summed E-state index contributed by atoms with van der Waals surface area (Å²) in [6.07, 6.45) is 1.55. The average molecular weight is 298 g/mol. The van der Waals surface area contributed by atoms with E-state index in [1.165, 1.54) is 17.0 Å². The first kappa shape index (κ1) is 13.4. The summed E-state index contributed by atoms with van der Waals surface area (Å²) in [5, 5.41) is 0. The molecule has 0 unspecified atom stereocenters. The molecule has 1 amide bonds. The molecule has 4 nitrogen and oxygen atoms in total. The zero-order valence-corrected chi connectivity index (χ0v) is 11.6. The van der Waals surface area contributed by atoms with Crippen LogP contribution in [0.4, 0.5) is 14.9 Å². The summed E-state index contributed by atoms with van der Waals surface area (Å²) in [7, 11) is 1.66. The van der Waals surface area contributed by atoms with Crippen molar-refractivity contribution in [2.24, 2.45) is 5.41 Å². The summed E-state index contributed by atoms with van der Waals surface area (Å²) in [6, 6.07) is 5.76. The summed E-state index contributed by atoms with van der Waals surface area (Å²) >= 11 is 5.21. The minimum absolute atomic E-state index is 0.0309. The van der Waals surface area contributed by atoms with E-state index in [0.29, 0.717) is 24.9 Å². The van der Waals surface area contributed by atoms with Crippen molar-refractivity contribution in [3.63, 3.8) is 0 Å². The maximum Gasteiger partial charge on any atom is 0.404 e. The molecule has 0 saturated heterocycles. The minimum Gasteiger partial charge on any atom is -0.447 e. The van der Waals surface area contributed by atoms with Gasteiger partial charge < -0.3 is 9.64 Å². The third-order valence-electron chi connectivity index (χ3n) is 4.25. The quantitative estimate of drug-likeness (QED) is 0.806. The second-order valence-electron chi connectivity index (χ2n) is 5.67. The van der Waals surface area contributed by atoms with Gasteiger partial charge in [-0.05, 0) is 24.3 Å². The van der Waals surface area contributed by atoms with Crippen LogP contribution in [-0.4, -0.2) is 24.0 Å². The Labute approximate surface area is 120 Å². The van der Waals surface area contributed by atoms with Gasteiger partial charge in [-0.1, -0.05) is 0 Å². The molecule has 3 fully saturated rings. The van der Waals surface area contributed by atoms with E-state index >= 15 is 0 Å². The SMILES string of the molecule is CN(C(=O)C12CC(OC(=O)Cl)(C1)C2)c1ccc(F)cc1. The molecule has 106 valence electrons. The fraction of sp³-hybridized carbons (Fsp3) is 0.429. The van der Waals surface area contributed by atoms with E-state index in [9.17, 15) is 14.0 Å². The van der Waals surface area contributed by atoms with E-state index in [2.05, 4.69) is 0 Å². The molecule has 0 radical (unpaired) electrons. The highest BCUT2D eigenvalue weighted by atomic mass is 35.5. The van der Waals surface area contributed by atoms with Crippen LogP contribution in [0.25, 0.3) is 0 Å². The lowest BCUT2D eigenvalue weighted by Crippen LogP contribution is -2.73. The number of carbonyl (C=O) groups is 2. The molecule has 3 aliphatic rings. The molecule has 6 heteroatoms. The third kappa shape index (κ3) is 1.88. The van der Waals surface area contributed by atoms with E-state index in [1.54, 1.807) is 19.2 Å². The number of hydrogen-bond acceptors (Lipinski definition) is 3. The average Bonchev–Trinajstić information content (AvgIpc) is 2.31. The largest absolute Gasteiger partial charge is 0.447 e. The second-order valence-corrected chi connectivity index (χ2v) is 5.98. The van der Waals surface area contributed by atoms with Crippen LogP contribution in [0.2, 0.25) is 0 Å². The van der Waals surface area contributed by atoms with Gasteiger partial charge in [-0.25, -0.2) is 9.18 Å². The first-order chi connectivity index (χ1) is 9.36. The van der Waals surface area contributed by atoms with Crippen molar-refractivity contribution in [2.75, 3.05) is 11.9 Å². The number of amides is 1. The van der Waals surface area contributed by atoms with Gasteiger partial charge in [0.25, 0.3) is 0 Å². The van der Waals surface area contributed by atoms with Crippen LogP contribution >= 0.6 is 11.6 Å². The Balaban J connectivity index is 1.67. The zero-order chi connectivity index (χ0) is 14.5. The van der Waals surface area contributed by atoms with Crippen LogP contribution in [0.1, 0.15) is 19.3 Å². The van der Waals surface area contributed by atoms with Crippen LogP contribution in [-0.2, 0) is 9.53 Å². The molecule has 0 aliphatic heterocycles. The third-order valence-corrected chi connectivity index (χ3v) is 4.33. The van der Waals surface area contributed by atoms with Gasteiger partial charge in [0.1, 0.15) is 11.4 Å². The lowest BCUT2D eigenvalue weighted by Gasteiger charge is -2.67. The van der Waals surface area contributed by atoms with Crippen LogP contribution in [0, 0.1) is 11.2 Å². The van der Waals surface area contributed by atoms with E-state index in [0.717, 1.165) is 0 Å². The topological polar surface area (TPSA) is 46.6 Å². The van der Waals surface area contributed by atoms with Crippen LogP contribution in [0.15, 0.2) is 24.3 Å². The molecule has 1 aromatic carbocycles. The number of carbonyl (C=O) groups excluding carboxylic acids is 2. The fourth-order valence-corrected chi connectivity index (χ4v) is 3.50. The van der Waals surface area contributed by atoms with Gasteiger partial charge in [-0.15, -0.1) is 0 Å². The van der Waals surface area contributed by atoms with Gasteiger partial charge in [-0.2, -0.15) is 0 Å². The Morgan fingerprint density at radius 2 is 1.80 bits per heavy atom. The number of hydrogen-bond donors (Lipinski definition) is 0. The molecular weight excluding hydrogens is 285 g/mol. The molecule has 3 saturated carbocycles. The number of nitrogens with zero attached hydrogens (tertiary/aromatic N) is 1. The Hall–Kier alpha value is -1.62. The highest BCUT2D eigenvalue weighted by molar-refractivity contribution is 6.61. The Morgan fingerprint density at radius 1 is 1.25 bits per heavy atom. The summed E-state index contributed by atoms with van der Waals surface area (Å²) < 4.78 is 17.9. The van der Waals surface area contributed by atoms with Crippen molar-refractivity contribution >= 4 is 28.6 Å². The van der Waals surface area contributed by atoms with Crippen LogP contribution in [0.3, 0.4) is 0 Å². The van der Waals surface area contributed by atoms with Gasteiger partial charge in [0.05, 0.1) is 5.41 Å². The maximum atomic E-state index is 12.9. The summed E-state index contributed by atoms with van der Waals surface area (Å²) in [6.45, 7) is 0. The van der Waals surface area contributed by atoms with Crippen molar-refractivity contribution in [1.82, 2.24) is 0 Å². The highest BCUT2D eigenvalue weighted by Crippen LogP contribution is 2.69. The van der Waals surface area contributed by atoms with Crippen molar-refractivity contribution in [3.8, 4) is 0 Å². The summed E-state index contributed by atoms with van der Waals surface area (Å²) in [5.41, 5.74) is -1.16. The Kier molecular flexibility index (Phi) is 2.80. The van der Waals surface area contributed by atoms with E-state index in [4.69, 9.17) is 16.3 Å². The monoisotopic (exact) mass is 297 g/mol. The molecule has 4 rings (SSSR count). The van der Waals surface area contributed by atoms with E-state index < -0.39 is 16.4 Å². The molecule has 0 heterocycles. The van der Waals surface area contributed by atoms with E-state index in [1.807, 2.05) is 0 Å². The molecule has 0 atom stereocenters. The predicted molar refractivity (Wildman–Crippen MR) is 71.2 cm³/mol. The summed E-state index contributed by atoms with van der Waals surface area (Å²) in [5.74, 6) is -0.371. The number of anilines is 1. The van der Waals surface area contributed by atoms with Gasteiger partial charge in [-0.3, -0.25) is 4.79 Å². The predicted octanol–water partition coefficient (Wildman–Crippen LogP) is 3.09. The summed E-state index contributed by atoms with van der Waals surface area (Å²) in [4.78, 5) is 24.7. The maximum absolute atomic E-state index is 12.9. The molecule has 2 bridgehead atoms. The standard InChI is InChI=1S/C14H13ClFNO3/c1-17(10-4-2-9(16)3-5-10)11(18)13-6-14(7-13,8-13)20-12(15)19/h2-5H,6-8H2,1H3. The Bertz CT molecular complexity index is 567. The molecular formula is C14H13ClFNO3. The first-order valence-electron chi connectivity index (χ1n) is 6.28. The van der Waals surface area contributed by atoms with Crippen LogP contribution < -0.4 is 4.90 Å². The molecule has 20 heavy (non-hydrogen) atoms. The van der Waals surface area contributed by atoms with Gasteiger partial charge in [0.15, 0.2) is 0 Å². The number of ether oxygens (including phenoxy) is 1. The highest BCUT2D eigenvalue weighted by Gasteiger charge is 2.74.